The number of halogens is 1. The van der Waals surface area contributed by atoms with E-state index in [1.807, 2.05) is 36.4 Å². The SMILES string of the molecule is CN1C(=O)Cc2cc(C(=O)c3cccc(I)c3)ccc21. The molecule has 0 aromatic heterocycles. The van der Waals surface area contributed by atoms with Crippen molar-refractivity contribution in [1.29, 1.82) is 0 Å². The van der Waals surface area contributed by atoms with Gasteiger partial charge in [-0.1, -0.05) is 12.1 Å². The van der Waals surface area contributed by atoms with Gasteiger partial charge in [0.05, 0.1) is 6.42 Å². The van der Waals surface area contributed by atoms with Crippen LogP contribution in [0.15, 0.2) is 42.5 Å². The van der Waals surface area contributed by atoms with Crippen molar-refractivity contribution < 1.29 is 9.59 Å². The van der Waals surface area contributed by atoms with Crippen molar-refractivity contribution in [2.45, 2.75) is 6.42 Å². The van der Waals surface area contributed by atoms with Gasteiger partial charge in [-0.3, -0.25) is 9.59 Å². The number of likely N-dealkylation sites (N-methyl/N-ethyl adjacent to an activating group) is 1. The molecule has 20 heavy (non-hydrogen) atoms. The van der Waals surface area contributed by atoms with E-state index in [1.54, 1.807) is 18.0 Å². The zero-order chi connectivity index (χ0) is 14.3. The van der Waals surface area contributed by atoms with Gasteiger partial charge in [-0.15, -0.1) is 0 Å². The Balaban J connectivity index is 1.99. The number of hydrogen-bond donors (Lipinski definition) is 0. The van der Waals surface area contributed by atoms with Crippen molar-refractivity contribution in [1.82, 2.24) is 0 Å². The summed E-state index contributed by atoms with van der Waals surface area (Å²) in [6.45, 7) is 0. The van der Waals surface area contributed by atoms with E-state index in [4.69, 9.17) is 0 Å². The van der Waals surface area contributed by atoms with E-state index in [0.29, 0.717) is 17.5 Å². The number of benzene rings is 2. The van der Waals surface area contributed by atoms with E-state index >= 15 is 0 Å². The fourth-order valence-corrected chi connectivity index (χ4v) is 2.95. The van der Waals surface area contributed by atoms with Crippen LogP contribution in [0, 0.1) is 3.57 Å². The van der Waals surface area contributed by atoms with Crippen LogP contribution in [0.4, 0.5) is 5.69 Å². The molecule has 3 rings (SSSR count). The number of nitrogens with zero attached hydrogens (tertiary/aromatic N) is 1. The zero-order valence-electron chi connectivity index (χ0n) is 10.9. The summed E-state index contributed by atoms with van der Waals surface area (Å²) in [4.78, 5) is 25.8. The number of ketones is 1. The van der Waals surface area contributed by atoms with Crippen LogP contribution in [0.5, 0.6) is 0 Å². The summed E-state index contributed by atoms with van der Waals surface area (Å²) < 4.78 is 1.03. The third-order valence-electron chi connectivity index (χ3n) is 3.51. The minimum atomic E-state index is -0.00619. The molecule has 0 fully saturated rings. The second-order valence-corrected chi connectivity index (χ2v) is 6.06. The third kappa shape index (κ3) is 2.24. The quantitative estimate of drug-likeness (QED) is 0.596. The lowest BCUT2D eigenvalue weighted by molar-refractivity contribution is -0.117. The van der Waals surface area contributed by atoms with Gasteiger partial charge in [0.15, 0.2) is 5.78 Å². The topological polar surface area (TPSA) is 37.4 Å². The molecule has 2 aromatic carbocycles. The first kappa shape index (κ1) is 13.3. The van der Waals surface area contributed by atoms with Crippen LogP contribution in [0.25, 0.3) is 0 Å². The lowest BCUT2D eigenvalue weighted by atomic mass is 10.0. The molecule has 100 valence electrons. The fraction of sp³-hybridized carbons (Fsp3) is 0.125. The van der Waals surface area contributed by atoms with Crippen molar-refractivity contribution >= 4 is 40.0 Å². The lowest BCUT2D eigenvalue weighted by Gasteiger charge is -2.10. The molecule has 0 unspecified atom stereocenters. The number of carbonyl (C=O) groups excluding carboxylic acids is 2. The summed E-state index contributed by atoms with van der Waals surface area (Å²) in [6.07, 6.45) is 0.374. The molecule has 3 nitrogen and oxygen atoms in total. The minimum absolute atomic E-state index is 0.00619. The summed E-state index contributed by atoms with van der Waals surface area (Å²) in [7, 11) is 1.76. The normalized spacial score (nSPS) is 13.5. The highest BCUT2D eigenvalue weighted by atomic mass is 127. The number of carbonyl (C=O) groups is 2. The second-order valence-electron chi connectivity index (χ2n) is 4.81. The molecule has 0 aliphatic carbocycles. The van der Waals surface area contributed by atoms with Gasteiger partial charge < -0.3 is 4.90 Å². The maximum atomic E-state index is 12.5. The average molecular weight is 377 g/mol. The summed E-state index contributed by atoms with van der Waals surface area (Å²) in [5.74, 6) is 0.0622. The molecule has 0 saturated heterocycles. The Hall–Kier alpha value is -1.69. The molecular formula is C16H12INO2. The van der Waals surface area contributed by atoms with Crippen molar-refractivity contribution in [2.24, 2.45) is 0 Å². The molecule has 0 N–H and O–H groups in total. The Morgan fingerprint density at radius 2 is 1.90 bits per heavy atom. The molecule has 1 amide bonds. The highest BCUT2D eigenvalue weighted by Crippen LogP contribution is 2.29. The first-order valence-corrected chi connectivity index (χ1v) is 7.34. The molecular weight excluding hydrogens is 365 g/mol. The fourth-order valence-electron chi connectivity index (χ4n) is 2.41. The molecule has 0 atom stereocenters. The predicted molar refractivity (Wildman–Crippen MR) is 86.1 cm³/mol. The van der Waals surface area contributed by atoms with Gasteiger partial charge in [-0.2, -0.15) is 0 Å². The number of fused-ring (bicyclic) bond motifs is 1. The Bertz CT molecular complexity index is 724. The number of anilines is 1. The van der Waals surface area contributed by atoms with Crippen molar-refractivity contribution in [3.05, 3.63) is 62.7 Å². The number of amides is 1. The molecule has 4 heteroatoms. The molecule has 0 bridgehead atoms. The Kier molecular flexibility index (Phi) is 3.33. The molecule has 0 radical (unpaired) electrons. The molecule has 1 heterocycles. The van der Waals surface area contributed by atoms with Crippen LogP contribution < -0.4 is 4.90 Å². The minimum Gasteiger partial charge on any atom is -0.315 e. The van der Waals surface area contributed by atoms with E-state index in [2.05, 4.69) is 22.6 Å². The van der Waals surface area contributed by atoms with Crippen LogP contribution in [-0.4, -0.2) is 18.7 Å². The zero-order valence-corrected chi connectivity index (χ0v) is 13.0. The molecule has 0 saturated carbocycles. The van der Waals surface area contributed by atoms with Gasteiger partial charge in [0.2, 0.25) is 5.91 Å². The highest BCUT2D eigenvalue weighted by Gasteiger charge is 2.24. The van der Waals surface area contributed by atoms with Gasteiger partial charge in [0.1, 0.15) is 0 Å². The Labute approximate surface area is 130 Å². The smallest absolute Gasteiger partial charge is 0.231 e. The van der Waals surface area contributed by atoms with E-state index in [1.165, 1.54) is 0 Å². The number of rotatable bonds is 2. The lowest BCUT2D eigenvalue weighted by Crippen LogP contribution is -2.20. The predicted octanol–water partition coefficient (Wildman–Crippen LogP) is 3.04. The molecule has 0 spiro atoms. The van der Waals surface area contributed by atoms with E-state index < -0.39 is 0 Å². The number of hydrogen-bond acceptors (Lipinski definition) is 2. The Morgan fingerprint density at radius 3 is 2.65 bits per heavy atom. The van der Waals surface area contributed by atoms with Gasteiger partial charge in [0.25, 0.3) is 0 Å². The Morgan fingerprint density at radius 1 is 1.15 bits per heavy atom. The van der Waals surface area contributed by atoms with Crippen LogP contribution in [0.2, 0.25) is 0 Å². The largest absolute Gasteiger partial charge is 0.315 e. The summed E-state index contributed by atoms with van der Waals surface area (Å²) in [5.41, 5.74) is 3.13. The van der Waals surface area contributed by atoms with Crippen LogP contribution in [0.1, 0.15) is 21.5 Å². The van der Waals surface area contributed by atoms with Gasteiger partial charge in [0, 0.05) is 27.4 Å². The van der Waals surface area contributed by atoms with Crippen molar-refractivity contribution in [3.8, 4) is 0 Å². The average Bonchev–Trinajstić information content (AvgIpc) is 2.73. The molecule has 2 aromatic rings. The standard InChI is InChI=1S/C16H12INO2/c1-18-14-6-5-11(7-12(14)9-15(18)19)16(20)10-3-2-4-13(17)8-10/h2-8H,9H2,1H3. The van der Waals surface area contributed by atoms with E-state index in [0.717, 1.165) is 14.8 Å². The maximum absolute atomic E-state index is 12.5. The van der Waals surface area contributed by atoms with Crippen LogP contribution in [0.3, 0.4) is 0 Å². The molecule has 1 aliphatic heterocycles. The summed E-state index contributed by atoms with van der Waals surface area (Å²) >= 11 is 2.19. The van der Waals surface area contributed by atoms with E-state index in [9.17, 15) is 9.59 Å². The molecule has 1 aliphatic rings. The monoisotopic (exact) mass is 377 g/mol. The third-order valence-corrected chi connectivity index (χ3v) is 4.18. The van der Waals surface area contributed by atoms with Gasteiger partial charge in [-0.25, -0.2) is 0 Å². The van der Waals surface area contributed by atoms with Crippen LogP contribution >= 0.6 is 22.6 Å². The van der Waals surface area contributed by atoms with Crippen molar-refractivity contribution in [3.63, 3.8) is 0 Å². The first-order valence-electron chi connectivity index (χ1n) is 6.26. The maximum Gasteiger partial charge on any atom is 0.231 e. The van der Waals surface area contributed by atoms with Gasteiger partial charge >= 0.3 is 0 Å². The van der Waals surface area contributed by atoms with Gasteiger partial charge in [-0.05, 0) is 58.5 Å². The van der Waals surface area contributed by atoms with E-state index in [-0.39, 0.29) is 11.7 Å². The first-order chi connectivity index (χ1) is 9.56. The highest BCUT2D eigenvalue weighted by molar-refractivity contribution is 14.1. The van der Waals surface area contributed by atoms with Crippen molar-refractivity contribution in [2.75, 3.05) is 11.9 Å². The summed E-state index contributed by atoms with van der Waals surface area (Å²) in [6, 6.07) is 13.0. The van der Waals surface area contributed by atoms with Crippen LogP contribution in [-0.2, 0) is 11.2 Å². The summed E-state index contributed by atoms with van der Waals surface area (Å²) in [5, 5.41) is 0. The second kappa shape index (κ2) is 5.01.